The standard InChI is InChI=1S/C18H15ClN2O3/c1-24-18(23)12-2-5-15(6-3-12)20-17(22)11-21-9-8-13-10-14(19)4-7-16(13)21/h2-10H,11H2,1H3,(H,20,22). The van der Waals surface area contributed by atoms with Crippen molar-refractivity contribution in [2.24, 2.45) is 0 Å². The lowest BCUT2D eigenvalue weighted by Gasteiger charge is -2.08. The number of nitrogens with zero attached hydrogens (tertiary/aromatic N) is 1. The number of rotatable bonds is 4. The number of carbonyl (C=O) groups is 2. The van der Waals surface area contributed by atoms with Crippen molar-refractivity contribution in [1.29, 1.82) is 0 Å². The lowest BCUT2D eigenvalue weighted by molar-refractivity contribution is -0.116. The van der Waals surface area contributed by atoms with Gasteiger partial charge in [-0.15, -0.1) is 0 Å². The van der Waals surface area contributed by atoms with Crippen LogP contribution in [0.15, 0.2) is 54.7 Å². The monoisotopic (exact) mass is 342 g/mol. The molecule has 122 valence electrons. The first-order valence-corrected chi connectivity index (χ1v) is 7.67. The van der Waals surface area contributed by atoms with Crippen molar-refractivity contribution in [2.45, 2.75) is 6.54 Å². The molecule has 3 rings (SSSR count). The lowest BCUT2D eigenvalue weighted by Crippen LogP contribution is -2.18. The van der Waals surface area contributed by atoms with E-state index in [1.807, 2.05) is 29.0 Å². The largest absolute Gasteiger partial charge is 0.465 e. The van der Waals surface area contributed by atoms with Gasteiger partial charge < -0.3 is 14.6 Å². The first-order chi connectivity index (χ1) is 11.6. The summed E-state index contributed by atoms with van der Waals surface area (Å²) in [5.74, 6) is -0.571. The van der Waals surface area contributed by atoms with Crippen molar-refractivity contribution in [3.63, 3.8) is 0 Å². The number of aromatic nitrogens is 1. The second-order valence-electron chi connectivity index (χ2n) is 5.26. The summed E-state index contributed by atoms with van der Waals surface area (Å²) in [7, 11) is 1.33. The molecule has 1 heterocycles. The molecule has 24 heavy (non-hydrogen) atoms. The molecule has 0 aliphatic carbocycles. The highest BCUT2D eigenvalue weighted by atomic mass is 35.5. The van der Waals surface area contributed by atoms with Crippen LogP contribution in [0.1, 0.15) is 10.4 Å². The number of hydrogen-bond acceptors (Lipinski definition) is 3. The van der Waals surface area contributed by atoms with Gasteiger partial charge in [0, 0.05) is 27.8 Å². The highest BCUT2D eigenvalue weighted by molar-refractivity contribution is 6.31. The number of amides is 1. The van der Waals surface area contributed by atoms with Gasteiger partial charge in [0.15, 0.2) is 0 Å². The molecule has 0 radical (unpaired) electrons. The lowest BCUT2D eigenvalue weighted by atomic mass is 10.2. The Bertz CT molecular complexity index is 900. The minimum absolute atomic E-state index is 0.159. The highest BCUT2D eigenvalue weighted by Gasteiger charge is 2.09. The predicted octanol–water partition coefficient (Wildman–Crippen LogP) is 3.72. The number of halogens is 1. The predicted molar refractivity (Wildman–Crippen MR) is 93.4 cm³/mol. The molecule has 1 aromatic heterocycles. The second kappa shape index (κ2) is 6.76. The van der Waals surface area contributed by atoms with E-state index in [0.717, 1.165) is 10.9 Å². The van der Waals surface area contributed by atoms with Gasteiger partial charge in [0.2, 0.25) is 5.91 Å². The van der Waals surface area contributed by atoms with E-state index in [1.54, 1.807) is 30.3 Å². The first kappa shape index (κ1) is 16.1. The van der Waals surface area contributed by atoms with E-state index >= 15 is 0 Å². The fraction of sp³-hybridized carbons (Fsp3) is 0.111. The minimum Gasteiger partial charge on any atom is -0.465 e. The van der Waals surface area contributed by atoms with Crippen LogP contribution >= 0.6 is 11.6 Å². The van der Waals surface area contributed by atoms with Crippen LogP contribution in [-0.4, -0.2) is 23.6 Å². The number of benzene rings is 2. The molecule has 0 saturated carbocycles. The summed E-state index contributed by atoms with van der Waals surface area (Å²) in [5.41, 5.74) is 1.99. The van der Waals surface area contributed by atoms with Gasteiger partial charge in [-0.2, -0.15) is 0 Å². The SMILES string of the molecule is COC(=O)c1ccc(NC(=O)Cn2ccc3cc(Cl)ccc32)cc1. The molecule has 5 nitrogen and oxygen atoms in total. The normalized spacial score (nSPS) is 10.6. The molecule has 1 N–H and O–H groups in total. The van der Waals surface area contributed by atoms with Gasteiger partial charge in [-0.05, 0) is 48.5 Å². The molecule has 1 amide bonds. The zero-order chi connectivity index (χ0) is 17.1. The molecule has 0 saturated heterocycles. The topological polar surface area (TPSA) is 60.3 Å². The Hall–Kier alpha value is -2.79. The number of esters is 1. The Morgan fingerprint density at radius 2 is 1.88 bits per heavy atom. The molecule has 0 bridgehead atoms. The van der Waals surface area contributed by atoms with Crippen LogP contribution in [0.5, 0.6) is 0 Å². The number of fused-ring (bicyclic) bond motifs is 1. The van der Waals surface area contributed by atoms with Gasteiger partial charge in [0.05, 0.1) is 12.7 Å². The van der Waals surface area contributed by atoms with Crippen LogP contribution in [0, 0.1) is 0 Å². The van der Waals surface area contributed by atoms with Crippen molar-refractivity contribution in [3.8, 4) is 0 Å². The van der Waals surface area contributed by atoms with E-state index in [-0.39, 0.29) is 12.5 Å². The van der Waals surface area contributed by atoms with Gasteiger partial charge in [0.25, 0.3) is 0 Å². The summed E-state index contributed by atoms with van der Waals surface area (Å²) in [5, 5.41) is 4.45. The average Bonchev–Trinajstić information content (AvgIpc) is 2.96. The third-order valence-corrected chi connectivity index (χ3v) is 3.87. The summed E-state index contributed by atoms with van der Waals surface area (Å²) in [6, 6.07) is 14.0. The summed E-state index contributed by atoms with van der Waals surface area (Å²) in [6.07, 6.45) is 1.85. The summed E-state index contributed by atoms with van der Waals surface area (Å²) in [4.78, 5) is 23.6. The van der Waals surface area contributed by atoms with E-state index < -0.39 is 5.97 Å². The number of carbonyl (C=O) groups excluding carboxylic acids is 2. The Morgan fingerprint density at radius 1 is 1.12 bits per heavy atom. The Kier molecular flexibility index (Phi) is 4.53. The maximum absolute atomic E-state index is 12.2. The quantitative estimate of drug-likeness (QED) is 0.735. The van der Waals surface area contributed by atoms with Gasteiger partial charge >= 0.3 is 5.97 Å². The van der Waals surface area contributed by atoms with Crippen LogP contribution < -0.4 is 5.32 Å². The molecular weight excluding hydrogens is 328 g/mol. The molecule has 0 fully saturated rings. The van der Waals surface area contributed by atoms with Crippen LogP contribution in [0.4, 0.5) is 5.69 Å². The van der Waals surface area contributed by atoms with Gasteiger partial charge in [-0.3, -0.25) is 4.79 Å². The molecule has 0 aliphatic heterocycles. The Balaban J connectivity index is 1.69. The highest BCUT2D eigenvalue weighted by Crippen LogP contribution is 2.20. The third kappa shape index (κ3) is 3.41. The molecule has 6 heteroatoms. The molecule has 0 atom stereocenters. The van der Waals surface area contributed by atoms with Crippen LogP contribution in [-0.2, 0) is 16.1 Å². The minimum atomic E-state index is -0.412. The summed E-state index contributed by atoms with van der Waals surface area (Å²) < 4.78 is 6.49. The van der Waals surface area contributed by atoms with Crippen molar-refractivity contribution in [1.82, 2.24) is 4.57 Å². The first-order valence-electron chi connectivity index (χ1n) is 7.29. The number of nitrogens with one attached hydrogen (secondary N) is 1. The Labute approximate surface area is 143 Å². The fourth-order valence-electron chi connectivity index (χ4n) is 2.47. The smallest absolute Gasteiger partial charge is 0.337 e. The fourth-order valence-corrected chi connectivity index (χ4v) is 2.65. The number of hydrogen-bond donors (Lipinski definition) is 1. The van der Waals surface area contributed by atoms with Gasteiger partial charge in [0.1, 0.15) is 6.54 Å². The molecule has 0 aliphatic rings. The van der Waals surface area contributed by atoms with Crippen molar-refractivity contribution in [3.05, 3.63) is 65.3 Å². The Morgan fingerprint density at radius 3 is 2.58 bits per heavy atom. The zero-order valence-corrected chi connectivity index (χ0v) is 13.7. The van der Waals surface area contributed by atoms with Crippen molar-refractivity contribution in [2.75, 3.05) is 12.4 Å². The van der Waals surface area contributed by atoms with E-state index in [4.69, 9.17) is 11.6 Å². The van der Waals surface area contributed by atoms with Crippen LogP contribution in [0.2, 0.25) is 5.02 Å². The summed E-state index contributed by atoms with van der Waals surface area (Å²) >= 11 is 5.97. The van der Waals surface area contributed by atoms with Gasteiger partial charge in [-0.1, -0.05) is 11.6 Å². The van der Waals surface area contributed by atoms with E-state index in [1.165, 1.54) is 7.11 Å². The maximum Gasteiger partial charge on any atom is 0.337 e. The van der Waals surface area contributed by atoms with E-state index in [9.17, 15) is 9.59 Å². The molecule has 0 spiro atoms. The van der Waals surface area contributed by atoms with Crippen molar-refractivity contribution >= 4 is 40.1 Å². The van der Waals surface area contributed by atoms with Crippen LogP contribution in [0.3, 0.4) is 0 Å². The second-order valence-corrected chi connectivity index (χ2v) is 5.70. The molecular formula is C18H15ClN2O3. The molecule has 2 aromatic carbocycles. The third-order valence-electron chi connectivity index (χ3n) is 3.64. The van der Waals surface area contributed by atoms with E-state index in [0.29, 0.717) is 16.3 Å². The number of ether oxygens (including phenoxy) is 1. The average molecular weight is 343 g/mol. The number of methoxy groups -OCH3 is 1. The number of anilines is 1. The van der Waals surface area contributed by atoms with Crippen molar-refractivity contribution < 1.29 is 14.3 Å². The van der Waals surface area contributed by atoms with E-state index in [2.05, 4.69) is 10.1 Å². The molecule has 3 aromatic rings. The summed E-state index contributed by atoms with van der Waals surface area (Å²) in [6.45, 7) is 0.184. The van der Waals surface area contributed by atoms with Gasteiger partial charge in [-0.25, -0.2) is 4.79 Å². The molecule has 0 unspecified atom stereocenters. The zero-order valence-electron chi connectivity index (χ0n) is 13.0. The maximum atomic E-state index is 12.2. The van der Waals surface area contributed by atoms with Crippen LogP contribution in [0.25, 0.3) is 10.9 Å².